The van der Waals surface area contributed by atoms with Crippen LogP contribution in [-0.2, 0) is 16.1 Å². The van der Waals surface area contributed by atoms with Crippen LogP contribution in [0.4, 0.5) is 5.69 Å². The number of amides is 2. The van der Waals surface area contributed by atoms with E-state index in [9.17, 15) is 14.4 Å². The van der Waals surface area contributed by atoms with Crippen molar-refractivity contribution in [1.82, 2.24) is 10.3 Å². The standard InChI is InChI=1S/C18H19N3O4/c1-10-7-11(2)20-17(23)12(10)9-19-16(22)8-15-18(24)21-13-5-3-4-6-14(13)25-15/h3-7,15H,8-9H2,1-2H3,(H,19,22)(H,20,23)(H,21,24)/t15-/m0/s1. The normalized spacial score (nSPS) is 15.8. The van der Waals surface area contributed by atoms with Crippen molar-refractivity contribution in [3.05, 3.63) is 57.5 Å². The van der Waals surface area contributed by atoms with Crippen LogP contribution in [0.5, 0.6) is 5.75 Å². The highest BCUT2D eigenvalue weighted by Gasteiger charge is 2.29. The number of carbonyl (C=O) groups excluding carboxylic acids is 2. The van der Waals surface area contributed by atoms with E-state index in [-0.39, 0.29) is 30.3 Å². The summed E-state index contributed by atoms with van der Waals surface area (Å²) in [4.78, 5) is 38.9. The van der Waals surface area contributed by atoms with Gasteiger partial charge >= 0.3 is 0 Å². The highest BCUT2D eigenvalue weighted by molar-refractivity contribution is 5.99. The number of aromatic amines is 1. The van der Waals surface area contributed by atoms with Gasteiger partial charge in [-0.2, -0.15) is 0 Å². The summed E-state index contributed by atoms with van der Waals surface area (Å²) < 4.78 is 5.59. The summed E-state index contributed by atoms with van der Waals surface area (Å²) in [5.41, 5.74) is 2.44. The molecule has 0 radical (unpaired) electrons. The Balaban J connectivity index is 1.62. The number of rotatable bonds is 4. The van der Waals surface area contributed by atoms with Gasteiger partial charge in [0.15, 0.2) is 6.10 Å². The predicted octanol–water partition coefficient (Wildman–Crippen LogP) is 1.40. The molecule has 0 saturated carbocycles. The number of benzene rings is 1. The molecule has 2 heterocycles. The molecule has 1 atom stereocenters. The fourth-order valence-electron chi connectivity index (χ4n) is 2.76. The molecule has 7 nitrogen and oxygen atoms in total. The molecule has 130 valence electrons. The van der Waals surface area contributed by atoms with Gasteiger partial charge in [-0.05, 0) is 37.6 Å². The Morgan fingerprint density at radius 3 is 2.76 bits per heavy atom. The summed E-state index contributed by atoms with van der Waals surface area (Å²) in [7, 11) is 0. The van der Waals surface area contributed by atoms with Crippen molar-refractivity contribution in [3.63, 3.8) is 0 Å². The summed E-state index contributed by atoms with van der Waals surface area (Å²) in [6.07, 6.45) is -1.02. The van der Waals surface area contributed by atoms with Crippen molar-refractivity contribution >= 4 is 17.5 Å². The lowest BCUT2D eigenvalue weighted by atomic mass is 10.1. The lowest BCUT2D eigenvalue weighted by Crippen LogP contribution is -2.41. The number of pyridine rings is 1. The van der Waals surface area contributed by atoms with Gasteiger partial charge in [0.1, 0.15) is 5.75 Å². The third-order valence-corrected chi connectivity index (χ3v) is 4.03. The van der Waals surface area contributed by atoms with Crippen molar-refractivity contribution in [1.29, 1.82) is 0 Å². The van der Waals surface area contributed by atoms with Gasteiger partial charge in [0.2, 0.25) is 5.91 Å². The second kappa shape index (κ2) is 6.80. The second-order valence-electron chi connectivity index (χ2n) is 6.02. The number of carbonyl (C=O) groups is 2. The fraction of sp³-hybridized carbons (Fsp3) is 0.278. The molecular weight excluding hydrogens is 322 g/mol. The molecule has 0 unspecified atom stereocenters. The van der Waals surface area contributed by atoms with E-state index in [1.807, 2.05) is 13.0 Å². The number of H-pyrrole nitrogens is 1. The molecule has 3 N–H and O–H groups in total. The van der Waals surface area contributed by atoms with E-state index >= 15 is 0 Å². The monoisotopic (exact) mass is 341 g/mol. The summed E-state index contributed by atoms with van der Waals surface area (Å²) in [6.45, 7) is 3.72. The van der Waals surface area contributed by atoms with Crippen LogP contribution < -0.4 is 20.9 Å². The van der Waals surface area contributed by atoms with Gasteiger partial charge in [0, 0.05) is 17.8 Å². The van der Waals surface area contributed by atoms with E-state index < -0.39 is 6.10 Å². The summed E-state index contributed by atoms with van der Waals surface area (Å²) in [5.74, 6) is -0.192. The van der Waals surface area contributed by atoms with Crippen molar-refractivity contribution in [2.75, 3.05) is 5.32 Å². The van der Waals surface area contributed by atoms with E-state index in [1.165, 1.54) is 0 Å². The lowest BCUT2D eigenvalue weighted by molar-refractivity contribution is -0.130. The maximum absolute atomic E-state index is 12.1. The first-order chi connectivity index (χ1) is 11.9. The predicted molar refractivity (Wildman–Crippen MR) is 92.5 cm³/mol. The van der Waals surface area contributed by atoms with Crippen LogP contribution in [0.25, 0.3) is 0 Å². The minimum absolute atomic E-state index is 0.102. The van der Waals surface area contributed by atoms with E-state index in [2.05, 4.69) is 15.6 Å². The molecule has 0 fully saturated rings. The van der Waals surface area contributed by atoms with Crippen molar-refractivity contribution < 1.29 is 14.3 Å². The van der Waals surface area contributed by atoms with Crippen LogP contribution in [0.2, 0.25) is 0 Å². The molecule has 1 aromatic heterocycles. The van der Waals surface area contributed by atoms with Crippen LogP contribution in [-0.4, -0.2) is 22.9 Å². The molecule has 0 bridgehead atoms. The smallest absolute Gasteiger partial charge is 0.266 e. The number of anilines is 1. The Hall–Kier alpha value is -3.09. The summed E-state index contributed by atoms with van der Waals surface area (Å²) >= 11 is 0. The quantitative estimate of drug-likeness (QED) is 0.782. The van der Waals surface area contributed by atoms with Gasteiger partial charge in [0.25, 0.3) is 11.5 Å². The number of fused-ring (bicyclic) bond motifs is 1. The Bertz CT molecular complexity index is 888. The molecule has 7 heteroatoms. The summed E-state index contributed by atoms with van der Waals surface area (Å²) in [5, 5.41) is 5.39. The van der Waals surface area contributed by atoms with Crippen LogP contribution in [0.15, 0.2) is 35.1 Å². The second-order valence-corrected chi connectivity index (χ2v) is 6.02. The van der Waals surface area contributed by atoms with Crippen LogP contribution in [0.3, 0.4) is 0 Å². The maximum Gasteiger partial charge on any atom is 0.266 e. The number of para-hydroxylation sites is 2. The molecule has 0 saturated heterocycles. The molecule has 0 aliphatic carbocycles. The van der Waals surface area contributed by atoms with Gasteiger partial charge in [0.05, 0.1) is 12.1 Å². The molecular formula is C18H19N3O4. The number of hydrogen-bond acceptors (Lipinski definition) is 4. The largest absolute Gasteiger partial charge is 0.478 e. The van der Waals surface area contributed by atoms with E-state index in [4.69, 9.17) is 4.74 Å². The van der Waals surface area contributed by atoms with E-state index in [0.717, 1.165) is 11.3 Å². The van der Waals surface area contributed by atoms with Crippen molar-refractivity contribution in [2.45, 2.75) is 32.9 Å². The zero-order valence-electron chi connectivity index (χ0n) is 14.0. The average molecular weight is 341 g/mol. The Morgan fingerprint density at radius 2 is 2.00 bits per heavy atom. The summed E-state index contributed by atoms with van der Waals surface area (Å²) in [6, 6.07) is 8.89. The number of ether oxygens (including phenoxy) is 1. The Morgan fingerprint density at radius 1 is 1.24 bits per heavy atom. The van der Waals surface area contributed by atoms with Crippen LogP contribution >= 0.6 is 0 Å². The first kappa shape index (κ1) is 16.8. The lowest BCUT2D eigenvalue weighted by Gasteiger charge is -2.25. The third kappa shape index (κ3) is 3.71. The van der Waals surface area contributed by atoms with E-state index in [1.54, 1.807) is 31.2 Å². The maximum atomic E-state index is 12.1. The zero-order chi connectivity index (χ0) is 18.0. The number of hydrogen-bond donors (Lipinski definition) is 3. The van der Waals surface area contributed by atoms with Gasteiger partial charge < -0.3 is 20.4 Å². The molecule has 3 rings (SSSR count). The van der Waals surface area contributed by atoms with Crippen LogP contribution in [0, 0.1) is 13.8 Å². The zero-order valence-corrected chi connectivity index (χ0v) is 14.0. The fourth-order valence-corrected chi connectivity index (χ4v) is 2.76. The first-order valence-electron chi connectivity index (χ1n) is 7.96. The van der Waals surface area contributed by atoms with Crippen molar-refractivity contribution in [3.8, 4) is 5.75 Å². The molecule has 1 aromatic carbocycles. The van der Waals surface area contributed by atoms with Gasteiger partial charge in [-0.1, -0.05) is 12.1 Å². The number of nitrogens with one attached hydrogen (secondary N) is 3. The number of aryl methyl sites for hydroxylation is 2. The Labute approximate surface area is 144 Å². The van der Waals surface area contributed by atoms with Crippen LogP contribution in [0.1, 0.15) is 23.2 Å². The van der Waals surface area contributed by atoms with Crippen molar-refractivity contribution in [2.24, 2.45) is 0 Å². The molecule has 0 spiro atoms. The van der Waals surface area contributed by atoms with Gasteiger partial charge in [-0.3, -0.25) is 14.4 Å². The number of aromatic nitrogens is 1. The highest BCUT2D eigenvalue weighted by atomic mass is 16.5. The molecule has 2 aromatic rings. The molecule has 25 heavy (non-hydrogen) atoms. The minimum Gasteiger partial charge on any atom is -0.478 e. The first-order valence-corrected chi connectivity index (χ1v) is 7.96. The molecule has 2 amide bonds. The highest BCUT2D eigenvalue weighted by Crippen LogP contribution is 2.29. The van der Waals surface area contributed by atoms with Gasteiger partial charge in [-0.25, -0.2) is 0 Å². The molecule has 1 aliphatic heterocycles. The Kier molecular flexibility index (Phi) is 4.56. The molecule has 1 aliphatic rings. The average Bonchev–Trinajstić information content (AvgIpc) is 2.54. The topological polar surface area (TPSA) is 100 Å². The minimum atomic E-state index is -0.896. The van der Waals surface area contributed by atoms with Gasteiger partial charge in [-0.15, -0.1) is 0 Å². The SMILES string of the molecule is Cc1cc(C)c(CNC(=O)C[C@@H]2Oc3ccccc3NC2=O)c(=O)[nH]1. The van der Waals surface area contributed by atoms with E-state index in [0.29, 0.717) is 17.0 Å². The third-order valence-electron chi connectivity index (χ3n) is 4.03.